The highest BCUT2D eigenvalue weighted by Gasteiger charge is 2.31. The molecule has 0 spiro atoms. The van der Waals surface area contributed by atoms with Crippen molar-refractivity contribution >= 4 is 38.5 Å². The fraction of sp³-hybridized carbons (Fsp3) is 0.379. The van der Waals surface area contributed by atoms with Crippen molar-refractivity contribution < 1.29 is 28.2 Å². The van der Waals surface area contributed by atoms with Gasteiger partial charge in [0.05, 0.1) is 11.5 Å². The van der Waals surface area contributed by atoms with Crippen LogP contribution >= 0.6 is 0 Å². The number of nitrogen functional groups attached to an aromatic ring is 1. The number of aliphatic hydroxyl groups is 1. The van der Waals surface area contributed by atoms with Crippen molar-refractivity contribution in [3.63, 3.8) is 0 Å². The monoisotopic (exact) mass is 570 g/mol. The van der Waals surface area contributed by atoms with Crippen LogP contribution in [0.25, 0.3) is 10.8 Å². The topological polar surface area (TPSA) is 162 Å². The average Bonchev–Trinajstić information content (AvgIpc) is 2.91. The first-order valence-electron chi connectivity index (χ1n) is 13.2. The smallest absolute Gasteiger partial charge is 0.405 e. The third kappa shape index (κ3) is 8.17. The van der Waals surface area contributed by atoms with Gasteiger partial charge in [-0.15, -0.1) is 0 Å². The summed E-state index contributed by atoms with van der Waals surface area (Å²) in [5.41, 5.74) is 7.00. The molecule has 0 bridgehead atoms. The number of fused-ring (bicyclic) bond motifs is 1. The van der Waals surface area contributed by atoms with Crippen LogP contribution in [-0.2, 0) is 21.2 Å². The summed E-state index contributed by atoms with van der Waals surface area (Å²) in [7, 11) is -3.90. The minimum absolute atomic E-state index is 0.00854. The number of sulfonamides is 1. The zero-order chi connectivity index (χ0) is 29.3. The lowest BCUT2D eigenvalue weighted by Gasteiger charge is -2.31. The Morgan fingerprint density at radius 2 is 1.68 bits per heavy atom. The van der Waals surface area contributed by atoms with E-state index in [1.54, 1.807) is 0 Å². The van der Waals surface area contributed by atoms with Gasteiger partial charge in [0.1, 0.15) is 6.04 Å². The van der Waals surface area contributed by atoms with Crippen LogP contribution in [0.5, 0.6) is 0 Å². The molecule has 6 N–H and O–H groups in total. The number of aliphatic hydroxyl groups excluding tert-OH is 1. The van der Waals surface area contributed by atoms with E-state index in [0.29, 0.717) is 12.1 Å². The summed E-state index contributed by atoms with van der Waals surface area (Å²) in [5, 5.41) is 26.4. The Balaban J connectivity index is 1.66. The first kappa shape index (κ1) is 30.9. The summed E-state index contributed by atoms with van der Waals surface area (Å²) >= 11 is 0. The number of carboxylic acid groups (broad SMARTS) is 1. The van der Waals surface area contributed by atoms with Crippen LogP contribution in [0.1, 0.15) is 32.3 Å². The molecule has 2 amide bonds. The molecule has 0 aromatic heterocycles. The number of nitrogens with two attached hydrogens (primary N) is 1. The SMILES string of the molecule is CC(C)CN(C(CO)CCCNC(=O)C(Cc1cccc2ccccc12)NC(=O)O)S(=O)(=O)c1ccc(N)cc1. The molecule has 0 radical (unpaired) electrons. The first-order chi connectivity index (χ1) is 19.0. The van der Waals surface area contributed by atoms with Crippen molar-refractivity contribution in [1.82, 2.24) is 14.9 Å². The maximum atomic E-state index is 13.4. The molecule has 10 nitrogen and oxygen atoms in total. The quantitative estimate of drug-likeness (QED) is 0.147. The Morgan fingerprint density at radius 1 is 1.00 bits per heavy atom. The minimum Gasteiger partial charge on any atom is -0.465 e. The molecule has 0 saturated heterocycles. The lowest BCUT2D eigenvalue weighted by atomic mass is 9.98. The van der Waals surface area contributed by atoms with Gasteiger partial charge in [0.15, 0.2) is 0 Å². The van der Waals surface area contributed by atoms with Crippen molar-refractivity contribution in [3.05, 3.63) is 72.3 Å². The predicted octanol–water partition coefficient (Wildman–Crippen LogP) is 3.20. The summed E-state index contributed by atoms with van der Waals surface area (Å²) in [6, 6.07) is 17.6. The number of nitrogens with zero attached hydrogens (tertiary/aromatic N) is 1. The molecule has 0 aliphatic carbocycles. The first-order valence-corrected chi connectivity index (χ1v) is 14.7. The maximum absolute atomic E-state index is 13.4. The van der Waals surface area contributed by atoms with Crippen molar-refractivity contribution in [1.29, 1.82) is 0 Å². The van der Waals surface area contributed by atoms with Crippen LogP contribution in [-0.4, -0.2) is 66.7 Å². The average molecular weight is 571 g/mol. The predicted molar refractivity (Wildman–Crippen MR) is 155 cm³/mol. The van der Waals surface area contributed by atoms with Crippen molar-refractivity contribution in [2.24, 2.45) is 5.92 Å². The maximum Gasteiger partial charge on any atom is 0.405 e. The number of carbonyl (C=O) groups excluding carboxylic acids is 1. The molecule has 3 rings (SSSR count). The Morgan fingerprint density at radius 3 is 2.33 bits per heavy atom. The fourth-order valence-corrected chi connectivity index (χ4v) is 6.44. The molecule has 3 aromatic carbocycles. The number of rotatable bonds is 14. The van der Waals surface area contributed by atoms with E-state index in [0.717, 1.165) is 16.3 Å². The lowest BCUT2D eigenvalue weighted by molar-refractivity contribution is -0.123. The molecule has 40 heavy (non-hydrogen) atoms. The second kappa shape index (κ2) is 14.1. The second-order valence-electron chi connectivity index (χ2n) is 10.2. The molecule has 216 valence electrons. The van der Waals surface area contributed by atoms with Crippen molar-refractivity contribution in [3.8, 4) is 0 Å². The molecule has 0 heterocycles. The number of hydrogen-bond donors (Lipinski definition) is 5. The van der Waals surface area contributed by atoms with Crippen LogP contribution in [0.3, 0.4) is 0 Å². The van der Waals surface area contributed by atoms with Crippen molar-refractivity contribution in [2.45, 2.75) is 50.1 Å². The molecule has 11 heteroatoms. The van der Waals surface area contributed by atoms with Gasteiger partial charge in [0, 0.05) is 31.2 Å². The van der Waals surface area contributed by atoms with Gasteiger partial charge < -0.3 is 26.6 Å². The van der Waals surface area contributed by atoms with Crippen molar-refractivity contribution in [2.75, 3.05) is 25.4 Å². The highest BCUT2D eigenvalue weighted by atomic mass is 32.2. The number of amides is 2. The second-order valence-corrected chi connectivity index (χ2v) is 12.0. The minimum atomic E-state index is -3.90. The molecule has 0 aliphatic rings. The molecule has 0 fully saturated rings. The molecule has 0 aliphatic heterocycles. The number of carbonyl (C=O) groups is 2. The van der Waals surface area contributed by atoms with Gasteiger partial charge >= 0.3 is 6.09 Å². The molecule has 2 unspecified atom stereocenters. The highest BCUT2D eigenvalue weighted by molar-refractivity contribution is 7.89. The van der Waals surface area contributed by atoms with Gasteiger partial charge in [-0.25, -0.2) is 13.2 Å². The molecule has 3 aromatic rings. The van der Waals surface area contributed by atoms with Gasteiger partial charge in [0.25, 0.3) is 0 Å². The van der Waals surface area contributed by atoms with Crippen LogP contribution < -0.4 is 16.4 Å². The van der Waals surface area contributed by atoms with E-state index in [2.05, 4.69) is 10.6 Å². The van der Waals surface area contributed by atoms with E-state index in [-0.39, 0.29) is 43.4 Å². The molecule has 2 atom stereocenters. The zero-order valence-electron chi connectivity index (χ0n) is 22.8. The zero-order valence-corrected chi connectivity index (χ0v) is 23.6. The summed E-state index contributed by atoms with van der Waals surface area (Å²) in [6.45, 7) is 3.79. The van der Waals surface area contributed by atoms with Crippen LogP contribution in [0, 0.1) is 5.92 Å². The Labute approximate surface area is 235 Å². The standard InChI is InChI=1S/C29H38N4O6S/c1-20(2)18-33(40(38,39)25-14-12-23(30)13-15-25)24(19-34)10-6-16-31-28(35)27(32-29(36)37)17-22-9-5-8-21-7-3-4-11-26(21)22/h3-5,7-9,11-15,20,24,27,32,34H,6,10,16-19,30H2,1-2H3,(H,31,35)(H,36,37). The van der Waals surface area contributed by atoms with Crippen LogP contribution in [0.15, 0.2) is 71.6 Å². The molecular formula is C29H38N4O6S. The van der Waals surface area contributed by atoms with Gasteiger partial charge in [-0.3, -0.25) is 4.79 Å². The van der Waals surface area contributed by atoms with Crippen LogP contribution in [0.2, 0.25) is 0 Å². The van der Waals surface area contributed by atoms with Crippen LogP contribution in [0.4, 0.5) is 10.5 Å². The van der Waals surface area contributed by atoms with E-state index in [1.165, 1.54) is 28.6 Å². The number of nitrogens with one attached hydrogen (secondary N) is 2. The third-order valence-corrected chi connectivity index (χ3v) is 8.51. The highest BCUT2D eigenvalue weighted by Crippen LogP contribution is 2.23. The number of hydrogen-bond acceptors (Lipinski definition) is 6. The van der Waals surface area contributed by atoms with E-state index in [4.69, 9.17) is 5.73 Å². The lowest BCUT2D eigenvalue weighted by Crippen LogP contribution is -2.48. The molecule has 0 saturated carbocycles. The Kier molecular flexibility index (Phi) is 10.9. The van der Waals surface area contributed by atoms with E-state index in [1.807, 2.05) is 56.3 Å². The van der Waals surface area contributed by atoms with Gasteiger partial charge in [-0.05, 0) is 59.4 Å². The van der Waals surface area contributed by atoms with Gasteiger partial charge in [-0.2, -0.15) is 4.31 Å². The largest absolute Gasteiger partial charge is 0.465 e. The van der Waals surface area contributed by atoms with Gasteiger partial charge in [0.2, 0.25) is 15.9 Å². The number of benzene rings is 3. The summed E-state index contributed by atoms with van der Waals surface area (Å²) in [4.78, 5) is 24.5. The van der Waals surface area contributed by atoms with Gasteiger partial charge in [-0.1, -0.05) is 56.3 Å². The fourth-order valence-electron chi connectivity index (χ4n) is 4.63. The van der Waals surface area contributed by atoms with E-state index in [9.17, 15) is 28.2 Å². The normalized spacial score (nSPS) is 13.3. The third-order valence-electron chi connectivity index (χ3n) is 6.58. The Bertz CT molecular complexity index is 1390. The molecular weight excluding hydrogens is 532 g/mol. The summed E-state index contributed by atoms with van der Waals surface area (Å²) in [6.07, 6.45) is -0.478. The van der Waals surface area contributed by atoms with E-state index >= 15 is 0 Å². The summed E-state index contributed by atoms with van der Waals surface area (Å²) in [5.74, 6) is -0.473. The Hall–Kier alpha value is -3.67. The number of anilines is 1. The van der Waals surface area contributed by atoms with E-state index < -0.39 is 34.1 Å². The summed E-state index contributed by atoms with van der Waals surface area (Å²) < 4.78 is 28.1.